The molecule has 0 bridgehead atoms. The Morgan fingerprint density at radius 2 is 1.22 bits per heavy atom. The molecule has 3 amide bonds. The van der Waals surface area contributed by atoms with Gasteiger partial charge < -0.3 is 40.6 Å². The minimum absolute atomic E-state index is 0.190. The molecule has 68 heavy (non-hydrogen) atoms. The molecule has 4 rings (SSSR count). The van der Waals surface area contributed by atoms with Gasteiger partial charge in [0.25, 0.3) is 0 Å². The van der Waals surface area contributed by atoms with Crippen LogP contribution in [0.3, 0.4) is 0 Å². The van der Waals surface area contributed by atoms with Crippen molar-refractivity contribution in [3.63, 3.8) is 0 Å². The van der Waals surface area contributed by atoms with E-state index in [9.17, 15) is 23.6 Å². The van der Waals surface area contributed by atoms with Crippen LogP contribution < -0.4 is 21.7 Å². The average Bonchev–Trinajstić information content (AvgIpc) is 3.23. The Balaban J connectivity index is 1.79. The third kappa shape index (κ3) is 15.7. The van der Waals surface area contributed by atoms with Gasteiger partial charge in [0.15, 0.2) is 5.60 Å². The van der Waals surface area contributed by atoms with Gasteiger partial charge in [-0.15, -0.1) is 0 Å². The third-order valence-electron chi connectivity index (χ3n) is 10.5. The molecule has 0 saturated heterocycles. The fourth-order valence-corrected chi connectivity index (χ4v) is 7.59. The summed E-state index contributed by atoms with van der Waals surface area (Å²) in [6.07, 6.45) is -1.90. The van der Waals surface area contributed by atoms with E-state index in [-0.39, 0.29) is 17.0 Å². The molecule has 368 valence electrons. The second-order valence-electron chi connectivity index (χ2n) is 20.2. The summed E-state index contributed by atoms with van der Waals surface area (Å²) in [6.45, 7) is 20.0. The summed E-state index contributed by atoms with van der Waals surface area (Å²) in [6, 6.07) is 24.3. The highest BCUT2D eigenvalue weighted by molar-refractivity contribution is 6.31. The van der Waals surface area contributed by atoms with Crippen molar-refractivity contribution in [2.75, 3.05) is 6.61 Å². The maximum atomic E-state index is 15.0. The van der Waals surface area contributed by atoms with E-state index in [1.807, 2.05) is 37.3 Å². The highest BCUT2D eigenvalue weighted by Gasteiger charge is 2.45. The molecule has 0 aliphatic rings. The van der Waals surface area contributed by atoms with Gasteiger partial charge in [-0.05, 0) is 101 Å². The van der Waals surface area contributed by atoms with Crippen molar-refractivity contribution < 1.29 is 47.3 Å². The van der Waals surface area contributed by atoms with E-state index in [1.165, 1.54) is 25.1 Å². The first-order valence-corrected chi connectivity index (χ1v) is 23.0. The molecule has 0 spiro atoms. The van der Waals surface area contributed by atoms with Crippen LogP contribution >= 0.6 is 11.6 Å². The van der Waals surface area contributed by atoms with Gasteiger partial charge in [-0.2, -0.15) is 0 Å². The van der Waals surface area contributed by atoms with Gasteiger partial charge in [0.2, 0.25) is 17.7 Å². The molecule has 0 heterocycles. The lowest BCUT2D eigenvalue weighted by molar-refractivity contribution is -0.164. The topological polar surface area (TPSA) is 184 Å². The Kier molecular flexibility index (Phi) is 18.3. The van der Waals surface area contributed by atoms with Crippen LogP contribution in [0.4, 0.5) is 4.39 Å². The fraction of sp³-hybridized carbons (Fsp3) is 0.453. The van der Waals surface area contributed by atoms with Crippen molar-refractivity contribution in [2.24, 2.45) is 5.73 Å². The van der Waals surface area contributed by atoms with Crippen molar-refractivity contribution in [3.8, 4) is 0 Å². The first-order chi connectivity index (χ1) is 31.5. The van der Waals surface area contributed by atoms with E-state index in [4.69, 9.17) is 36.3 Å². The number of carbonyl (C=O) groups is 5. The summed E-state index contributed by atoms with van der Waals surface area (Å²) < 4.78 is 39.2. The Bertz CT molecular complexity index is 2380. The zero-order valence-electron chi connectivity index (χ0n) is 41.3. The second kappa shape index (κ2) is 22.6. The second-order valence-corrected chi connectivity index (χ2v) is 20.6. The van der Waals surface area contributed by atoms with Crippen LogP contribution in [0.5, 0.6) is 0 Å². The minimum Gasteiger partial charge on any atom is -0.460 e. The Labute approximate surface area is 405 Å². The zero-order valence-corrected chi connectivity index (χ0v) is 42.0. The third-order valence-corrected chi connectivity index (χ3v) is 10.8. The van der Waals surface area contributed by atoms with Gasteiger partial charge in [-0.1, -0.05) is 108 Å². The number of esters is 2. The standard InChI is InChI=1S/C53H68ClFN4O9/c1-33-26-28-37(29-27-33)53(36-21-14-13-15-22-36,38-23-17-18-24-39(38)54)68-47(63)41(30-43(60)67-51(9,10)11)57-45(61)42(32-65-49(3,4)5)58-46(62)44(34(2)66-50(6,7)8)59-48(64)52(12,56)31-35-20-16-19-25-40(35)55/h13-29,34,41-42,44H,30-32,56H2,1-12H3,(H,57,61)(H,58,62)(H,59,64)/t34-,41+,42+,44+,52+,53?/m1/s1. The van der Waals surface area contributed by atoms with Crippen LogP contribution in [0, 0.1) is 12.7 Å². The smallest absolute Gasteiger partial charge is 0.330 e. The van der Waals surface area contributed by atoms with Crippen LogP contribution in [0.15, 0.2) is 103 Å². The largest absolute Gasteiger partial charge is 0.460 e. The predicted octanol–water partition coefficient (Wildman–Crippen LogP) is 7.79. The summed E-state index contributed by atoms with van der Waals surface area (Å²) >= 11 is 6.94. The van der Waals surface area contributed by atoms with E-state index >= 15 is 4.79 Å². The number of ether oxygens (including phenoxy) is 4. The van der Waals surface area contributed by atoms with Crippen LogP contribution in [-0.4, -0.2) is 82.8 Å². The number of amides is 3. The predicted molar refractivity (Wildman–Crippen MR) is 260 cm³/mol. The quantitative estimate of drug-likeness (QED) is 0.0535. The molecule has 4 aromatic carbocycles. The van der Waals surface area contributed by atoms with Gasteiger partial charge in [0, 0.05) is 28.1 Å². The van der Waals surface area contributed by atoms with Gasteiger partial charge in [0.05, 0.1) is 35.9 Å². The number of nitrogens with one attached hydrogen (secondary N) is 3. The number of rotatable bonds is 19. The number of nitrogens with two attached hydrogens (primary N) is 1. The Hall–Kier alpha value is -5.67. The van der Waals surface area contributed by atoms with Gasteiger partial charge in [-0.25, -0.2) is 9.18 Å². The zero-order chi connectivity index (χ0) is 50.8. The normalized spacial score (nSPS) is 15.6. The summed E-state index contributed by atoms with van der Waals surface area (Å²) in [7, 11) is 0. The lowest BCUT2D eigenvalue weighted by atomic mass is 9.79. The van der Waals surface area contributed by atoms with E-state index in [0.717, 1.165) is 5.56 Å². The number of halogens is 2. The fourth-order valence-electron chi connectivity index (χ4n) is 7.32. The van der Waals surface area contributed by atoms with Gasteiger partial charge in [0.1, 0.15) is 29.5 Å². The van der Waals surface area contributed by atoms with Crippen molar-refractivity contribution in [3.05, 3.63) is 142 Å². The van der Waals surface area contributed by atoms with E-state index in [1.54, 1.807) is 124 Å². The van der Waals surface area contributed by atoms with Crippen molar-refractivity contribution in [1.82, 2.24) is 16.0 Å². The molecular weight excluding hydrogens is 891 g/mol. The molecule has 0 aliphatic heterocycles. The molecule has 0 radical (unpaired) electrons. The maximum Gasteiger partial charge on any atom is 0.330 e. The molecule has 5 N–H and O–H groups in total. The lowest BCUT2D eigenvalue weighted by Crippen LogP contribution is -2.64. The summed E-state index contributed by atoms with van der Waals surface area (Å²) in [4.78, 5) is 71.9. The van der Waals surface area contributed by atoms with E-state index in [0.29, 0.717) is 16.7 Å². The molecular formula is C53H68ClFN4O9. The molecule has 0 fully saturated rings. The molecule has 0 aromatic heterocycles. The van der Waals surface area contributed by atoms with E-state index in [2.05, 4.69) is 16.0 Å². The van der Waals surface area contributed by atoms with Crippen LogP contribution in [-0.2, 0) is 54.9 Å². The molecule has 4 aromatic rings. The highest BCUT2D eigenvalue weighted by atomic mass is 35.5. The van der Waals surface area contributed by atoms with Crippen LogP contribution in [0.25, 0.3) is 0 Å². The number of carbonyl (C=O) groups excluding carboxylic acids is 5. The summed E-state index contributed by atoms with van der Waals surface area (Å²) in [5.41, 5.74) is 3.01. The van der Waals surface area contributed by atoms with Crippen molar-refractivity contribution in [1.29, 1.82) is 0 Å². The maximum absolute atomic E-state index is 15.0. The van der Waals surface area contributed by atoms with Crippen molar-refractivity contribution >= 4 is 41.3 Å². The monoisotopic (exact) mass is 958 g/mol. The highest BCUT2D eigenvalue weighted by Crippen LogP contribution is 2.44. The lowest BCUT2D eigenvalue weighted by Gasteiger charge is -2.37. The number of aryl methyl sites for hydroxylation is 1. The first-order valence-electron chi connectivity index (χ1n) is 22.6. The summed E-state index contributed by atoms with van der Waals surface area (Å²) in [5, 5.41) is 8.30. The average molecular weight is 960 g/mol. The first kappa shape index (κ1) is 54.9. The SMILES string of the molecule is Cc1ccc(C(OC(=O)[C@H](CC(=O)OC(C)(C)C)NC(=O)[C@H](COC(C)(C)C)NC(=O)[C@@H](NC(=O)[C@@](C)(N)Cc2ccccc2F)[C@@H](C)OC(C)(C)C)(c2ccccc2)c2ccccc2Cl)cc1. The van der Waals surface area contributed by atoms with Crippen molar-refractivity contribution in [2.45, 2.75) is 148 Å². The molecule has 0 saturated carbocycles. The molecule has 0 aliphatic carbocycles. The number of hydrogen-bond acceptors (Lipinski definition) is 10. The van der Waals surface area contributed by atoms with E-state index < -0.39 is 101 Å². The number of hydrogen-bond donors (Lipinski definition) is 4. The Morgan fingerprint density at radius 3 is 1.79 bits per heavy atom. The minimum atomic E-state index is -1.72. The van der Waals surface area contributed by atoms with Gasteiger partial charge in [-0.3, -0.25) is 19.2 Å². The molecule has 1 unspecified atom stereocenters. The van der Waals surface area contributed by atoms with Crippen LogP contribution in [0.2, 0.25) is 5.02 Å². The molecule has 13 nitrogen and oxygen atoms in total. The number of benzene rings is 4. The molecule has 15 heteroatoms. The Morgan fingerprint density at radius 1 is 0.662 bits per heavy atom. The molecule has 6 atom stereocenters. The van der Waals surface area contributed by atoms with Crippen LogP contribution in [0.1, 0.15) is 110 Å². The van der Waals surface area contributed by atoms with Gasteiger partial charge >= 0.3 is 11.9 Å². The summed E-state index contributed by atoms with van der Waals surface area (Å²) in [5.74, 6) is -5.04.